The van der Waals surface area contributed by atoms with Gasteiger partial charge in [0.05, 0.1) is 12.6 Å². The molecule has 1 unspecified atom stereocenters. The van der Waals surface area contributed by atoms with Gasteiger partial charge in [-0.05, 0) is 68.9 Å². The number of rotatable bonds is 9. The summed E-state index contributed by atoms with van der Waals surface area (Å²) >= 11 is 1.70. The second-order valence-electron chi connectivity index (χ2n) is 8.72. The van der Waals surface area contributed by atoms with Gasteiger partial charge in [0.1, 0.15) is 17.4 Å². The van der Waals surface area contributed by atoms with E-state index in [1.807, 2.05) is 18.3 Å². The number of aromatic nitrogens is 1. The molecule has 2 aliphatic rings. The Balaban J connectivity index is 1.52. The molecule has 1 aromatic heterocycles. The lowest BCUT2D eigenvalue weighted by Crippen LogP contribution is -2.28. The Kier molecular flexibility index (Phi) is 7.67. The van der Waals surface area contributed by atoms with E-state index in [1.165, 1.54) is 24.1 Å². The molecule has 1 amide bonds. The highest BCUT2D eigenvalue weighted by molar-refractivity contribution is 7.15. The molecule has 2 heterocycles. The number of nitrogens with zero attached hydrogens (tertiary/aromatic N) is 1. The van der Waals surface area contributed by atoms with E-state index >= 15 is 0 Å². The molecule has 0 spiro atoms. The van der Waals surface area contributed by atoms with Crippen molar-refractivity contribution in [1.29, 1.82) is 0 Å². The van der Waals surface area contributed by atoms with E-state index in [0.29, 0.717) is 35.2 Å². The van der Waals surface area contributed by atoms with Gasteiger partial charge in [-0.3, -0.25) is 4.79 Å². The zero-order chi connectivity index (χ0) is 23.2. The quantitative estimate of drug-likeness (QED) is 0.478. The third kappa shape index (κ3) is 6.36. The molecule has 7 nitrogen and oxygen atoms in total. The monoisotopic (exact) mass is 468 g/mol. The van der Waals surface area contributed by atoms with Crippen molar-refractivity contribution in [1.82, 2.24) is 10.3 Å². The average Bonchev–Trinajstić information content (AvgIpc) is 3.45. The van der Waals surface area contributed by atoms with E-state index in [1.54, 1.807) is 36.5 Å². The van der Waals surface area contributed by atoms with Crippen LogP contribution in [0.2, 0.25) is 0 Å². The van der Waals surface area contributed by atoms with Crippen molar-refractivity contribution in [3.63, 3.8) is 0 Å². The van der Waals surface area contributed by atoms with Gasteiger partial charge < -0.3 is 26.3 Å². The molecular weight excluding hydrogens is 436 g/mol. The number of nitrogens with one attached hydrogen (secondary N) is 1. The van der Waals surface area contributed by atoms with Gasteiger partial charge in [-0.2, -0.15) is 0 Å². The van der Waals surface area contributed by atoms with Crippen LogP contribution in [0.15, 0.2) is 47.9 Å². The molecule has 2 aromatic rings. The van der Waals surface area contributed by atoms with Crippen molar-refractivity contribution in [3.05, 3.63) is 58.4 Å². The van der Waals surface area contributed by atoms with Crippen molar-refractivity contribution in [2.75, 3.05) is 19.8 Å². The number of amides is 1. The van der Waals surface area contributed by atoms with Crippen LogP contribution in [0.5, 0.6) is 5.75 Å². The van der Waals surface area contributed by atoms with Crippen LogP contribution in [-0.4, -0.2) is 36.8 Å². The smallest absolute Gasteiger partial charge is 0.251 e. The van der Waals surface area contributed by atoms with Crippen LogP contribution < -0.4 is 21.5 Å². The minimum absolute atomic E-state index is 0.0972. The van der Waals surface area contributed by atoms with Gasteiger partial charge in [0.15, 0.2) is 0 Å². The minimum Gasteiger partial charge on any atom is -0.491 e. The summed E-state index contributed by atoms with van der Waals surface area (Å²) in [5.41, 5.74) is 14.1. The van der Waals surface area contributed by atoms with E-state index in [-0.39, 0.29) is 18.6 Å². The summed E-state index contributed by atoms with van der Waals surface area (Å²) in [4.78, 5) is 18.9. The average molecular weight is 469 g/mol. The number of thiazole rings is 1. The van der Waals surface area contributed by atoms with Crippen LogP contribution in [-0.2, 0) is 4.74 Å². The Morgan fingerprint density at radius 1 is 1.24 bits per heavy atom. The number of nitrogens with two attached hydrogens (primary N) is 2. The molecule has 0 bridgehead atoms. The zero-order valence-corrected chi connectivity index (χ0v) is 19.8. The standard InChI is InChI=1S/C25H32N4O3S/c1-16(26)7-8-20(27)13-28-24(30)18-10-19(25-29-14-23(33-25)17-4-2-5-17)12-22(11-18)32-15-21-6-3-9-31-21/h7-8,10-12,14,17,21H,2-6,9,13,15,26-27H2,1H3,(H,28,30)/b16-7-,20-8-. The molecule has 1 aliphatic carbocycles. The fraction of sp³-hybridized carbons (Fsp3) is 0.440. The second-order valence-corrected chi connectivity index (χ2v) is 9.78. The van der Waals surface area contributed by atoms with Crippen molar-refractivity contribution in [2.45, 2.75) is 51.0 Å². The molecule has 33 heavy (non-hydrogen) atoms. The summed E-state index contributed by atoms with van der Waals surface area (Å²) in [5.74, 6) is 1.04. The van der Waals surface area contributed by atoms with E-state index in [2.05, 4.69) is 10.3 Å². The molecule has 2 fully saturated rings. The lowest BCUT2D eigenvalue weighted by molar-refractivity contribution is 0.0679. The molecule has 4 rings (SSSR count). The number of allylic oxidation sites excluding steroid dienone is 3. The summed E-state index contributed by atoms with van der Waals surface area (Å²) in [6.07, 6.45) is 11.3. The number of carbonyl (C=O) groups is 1. The van der Waals surface area contributed by atoms with Crippen LogP contribution in [0.3, 0.4) is 0 Å². The molecular formula is C25H32N4O3S. The van der Waals surface area contributed by atoms with E-state index < -0.39 is 0 Å². The Morgan fingerprint density at radius 2 is 2.09 bits per heavy atom. The Labute approximate surface area is 198 Å². The van der Waals surface area contributed by atoms with E-state index in [9.17, 15) is 4.79 Å². The summed E-state index contributed by atoms with van der Waals surface area (Å²) < 4.78 is 11.7. The Bertz CT molecular complexity index is 1030. The number of hydrogen-bond donors (Lipinski definition) is 3. The van der Waals surface area contributed by atoms with Crippen LogP contribution >= 0.6 is 11.3 Å². The minimum atomic E-state index is -0.223. The summed E-state index contributed by atoms with van der Waals surface area (Å²) in [7, 11) is 0. The largest absolute Gasteiger partial charge is 0.491 e. The van der Waals surface area contributed by atoms with Gasteiger partial charge in [0.25, 0.3) is 5.91 Å². The lowest BCUT2D eigenvalue weighted by atomic mass is 9.85. The first-order valence-corrected chi connectivity index (χ1v) is 12.3. The maximum absolute atomic E-state index is 12.9. The van der Waals surface area contributed by atoms with Gasteiger partial charge in [-0.15, -0.1) is 11.3 Å². The summed E-state index contributed by atoms with van der Waals surface area (Å²) in [6.45, 7) is 3.25. The number of benzene rings is 1. The molecule has 1 aromatic carbocycles. The SMILES string of the molecule is C/C(N)=C/C=C(\N)CNC(=O)c1cc(OCC2CCCO2)cc(-c2ncc(C3CCC3)s2)c1. The fourth-order valence-electron chi connectivity index (χ4n) is 3.79. The van der Waals surface area contributed by atoms with Crippen molar-refractivity contribution >= 4 is 17.2 Å². The second kappa shape index (κ2) is 10.9. The summed E-state index contributed by atoms with van der Waals surface area (Å²) in [6, 6.07) is 5.58. The Morgan fingerprint density at radius 3 is 2.79 bits per heavy atom. The molecule has 1 atom stereocenters. The highest BCUT2D eigenvalue weighted by Crippen LogP contribution is 2.41. The first-order valence-electron chi connectivity index (χ1n) is 11.5. The van der Waals surface area contributed by atoms with Gasteiger partial charge >= 0.3 is 0 Å². The number of hydrogen-bond acceptors (Lipinski definition) is 7. The molecule has 1 saturated carbocycles. The van der Waals surface area contributed by atoms with Crippen LogP contribution in [0, 0.1) is 0 Å². The maximum atomic E-state index is 12.9. The predicted molar refractivity (Wildman–Crippen MR) is 131 cm³/mol. The highest BCUT2D eigenvalue weighted by atomic mass is 32.1. The van der Waals surface area contributed by atoms with E-state index in [0.717, 1.165) is 30.0 Å². The molecule has 1 aliphatic heterocycles. The van der Waals surface area contributed by atoms with E-state index in [4.69, 9.17) is 20.9 Å². The topological polar surface area (TPSA) is 112 Å². The fourth-order valence-corrected chi connectivity index (χ4v) is 4.86. The third-order valence-corrected chi connectivity index (χ3v) is 7.13. The third-order valence-electron chi connectivity index (χ3n) is 5.92. The number of carbonyl (C=O) groups excluding carboxylic acids is 1. The van der Waals surface area contributed by atoms with Crippen molar-refractivity contribution in [2.24, 2.45) is 11.5 Å². The predicted octanol–water partition coefficient (Wildman–Crippen LogP) is 4.07. The number of ether oxygens (including phenoxy) is 2. The highest BCUT2D eigenvalue weighted by Gasteiger charge is 2.23. The Hall–Kier alpha value is -2.84. The molecule has 1 saturated heterocycles. The maximum Gasteiger partial charge on any atom is 0.251 e. The molecule has 8 heteroatoms. The normalized spacial score (nSPS) is 19.4. The summed E-state index contributed by atoms with van der Waals surface area (Å²) in [5, 5.41) is 3.77. The van der Waals surface area contributed by atoms with Gasteiger partial charge in [0, 0.05) is 40.2 Å². The van der Waals surface area contributed by atoms with Crippen molar-refractivity contribution in [3.8, 4) is 16.3 Å². The van der Waals surface area contributed by atoms with Crippen LogP contribution in [0.1, 0.15) is 60.2 Å². The lowest BCUT2D eigenvalue weighted by Gasteiger charge is -2.23. The van der Waals surface area contributed by atoms with Gasteiger partial charge in [0.2, 0.25) is 0 Å². The van der Waals surface area contributed by atoms with Crippen molar-refractivity contribution < 1.29 is 14.3 Å². The van der Waals surface area contributed by atoms with Crippen LogP contribution in [0.25, 0.3) is 10.6 Å². The molecule has 5 N–H and O–H groups in total. The molecule has 0 radical (unpaired) electrons. The zero-order valence-electron chi connectivity index (χ0n) is 19.0. The van der Waals surface area contributed by atoms with Gasteiger partial charge in [-0.25, -0.2) is 4.98 Å². The molecule has 176 valence electrons. The first kappa shape index (κ1) is 23.3. The first-order chi connectivity index (χ1) is 16.0. The van der Waals surface area contributed by atoms with Crippen LogP contribution in [0.4, 0.5) is 0 Å². The van der Waals surface area contributed by atoms with Gasteiger partial charge in [-0.1, -0.05) is 6.42 Å².